The fourth-order valence-corrected chi connectivity index (χ4v) is 3.27. The highest BCUT2D eigenvalue weighted by molar-refractivity contribution is 7.09. The van der Waals surface area contributed by atoms with E-state index in [0.29, 0.717) is 42.3 Å². The molecule has 6 nitrogen and oxygen atoms in total. The van der Waals surface area contributed by atoms with Crippen LogP contribution in [0.2, 0.25) is 0 Å². The van der Waals surface area contributed by atoms with Gasteiger partial charge in [0.15, 0.2) is 5.82 Å². The van der Waals surface area contributed by atoms with Crippen LogP contribution in [0.4, 0.5) is 0 Å². The van der Waals surface area contributed by atoms with Crippen molar-refractivity contribution in [2.24, 2.45) is 0 Å². The lowest BCUT2D eigenvalue weighted by Gasteiger charge is -2.20. The predicted octanol–water partition coefficient (Wildman–Crippen LogP) is 3.58. The predicted molar refractivity (Wildman–Crippen MR) is 87.5 cm³/mol. The number of hydrogen-bond donors (Lipinski definition) is 0. The van der Waals surface area contributed by atoms with Gasteiger partial charge in [0.1, 0.15) is 5.69 Å². The molecule has 2 heterocycles. The van der Waals surface area contributed by atoms with E-state index in [1.807, 2.05) is 12.3 Å². The van der Waals surface area contributed by atoms with Crippen LogP contribution in [0.25, 0.3) is 0 Å². The van der Waals surface area contributed by atoms with Gasteiger partial charge in [-0.3, -0.25) is 4.79 Å². The van der Waals surface area contributed by atoms with Crippen molar-refractivity contribution in [1.82, 2.24) is 20.0 Å². The average Bonchev–Trinajstić information content (AvgIpc) is 3.11. The molecule has 2 aromatic rings. The van der Waals surface area contributed by atoms with Gasteiger partial charge in [0.2, 0.25) is 5.89 Å². The summed E-state index contributed by atoms with van der Waals surface area (Å²) in [6.45, 7) is 7.04. The van der Waals surface area contributed by atoms with E-state index < -0.39 is 0 Å². The Bertz CT molecular complexity index is 675. The van der Waals surface area contributed by atoms with Crippen LogP contribution >= 0.6 is 11.3 Å². The Morgan fingerprint density at radius 3 is 2.78 bits per heavy atom. The van der Waals surface area contributed by atoms with Crippen molar-refractivity contribution in [3.63, 3.8) is 0 Å². The van der Waals surface area contributed by atoms with Gasteiger partial charge in [0.25, 0.3) is 5.91 Å². The molecule has 0 spiro atoms. The number of aromatic nitrogens is 3. The molecule has 0 radical (unpaired) electrons. The van der Waals surface area contributed by atoms with Crippen LogP contribution in [-0.2, 0) is 6.54 Å². The second-order valence-electron chi connectivity index (χ2n) is 6.22. The summed E-state index contributed by atoms with van der Waals surface area (Å²) in [6.07, 6.45) is 3.47. The number of carbonyl (C=O) groups excluding carboxylic acids is 1. The molecule has 1 aliphatic rings. The molecular formula is C16H22N4O2S. The van der Waals surface area contributed by atoms with Crippen molar-refractivity contribution >= 4 is 17.2 Å². The van der Waals surface area contributed by atoms with E-state index in [2.05, 4.69) is 29.0 Å². The summed E-state index contributed by atoms with van der Waals surface area (Å²) in [5.74, 6) is 1.95. The zero-order chi connectivity index (χ0) is 16.4. The smallest absolute Gasteiger partial charge is 0.273 e. The van der Waals surface area contributed by atoms with Gasteiger partial charge < -0.3 is 9.42 Å². The van der Waals surface area contributed by atoms with Gasteiger partial charge in [0, 0.05) is 23.8 Å². The zero-order valence-corrected chi connectivity index (χ0v) is 14.6. The molecule has 0 unspecified atom stereocenters. The third kappa shape index (κ3) is 3.44. The van der Waals surface area contributed by atoms with E-state index in [-0.39, 0.29) is 5.91 Å². The third-order valence-corrected chi connectivity index (χ3v) is 5.32. The lowest BCUT2D eigenvalue weighted by atomic mass is 9.85. The minimum atomic E-state index is -0.0781. The van der Waals surface area contributed by atoms with Crippen LogP contribution < -0.4 is 0 Å². The number of thiazole rings is 1. The average molecular weight is 334 g/mol. The van der Waals surface area contributed by atoms with E-state index in [1.165, 1.54) is 17.8 Å². The molecule has 1 amide bonds. The molecule has 2 aromatic heterocycles. The van der Waals surface area contributed by atoms with Crippen molar-refractivity contribution in [2.45, 2.75) is 58.4 Å². The zero-order valence-electron chi connectivity index (χ0n) is 13.8. The summed E-state index contributed by atoms with van der Waals surface area (Å²) >= 11 is 1.53. The first-order chi connectivity index (χ1) is 11.1. The molecule has 0 N–H and O–H groups in total. The topological polar surface area (TPSA) is 72.1 Å². The van der Waals surface area contributed by atoms with E-state index in [0.717, 1.165) is 17.8 Å². The highest BCUT2D eigenvalue weighted by atomic mass is 32.1. The first-order valence-electron chi connectivity index (χ1n) is 8.15. The van der Waals surface area contributed by atoms with Crippen LogP contribution in [0.3, 0.4) is 0 Å². The van der Waals surface area contributed by atoms with E-state index in [4.69, 9.17) is 4.52 Å². The Morgan fingerprint density at radius 1 is 1.43 bits per heavy atom. The number of rotatable bonds is 6. The van der Waals surface area contributed by atoms with Gasteiger partial charge in [-0.1, -0.05) is 25.4 Å². The molecule has 1 aliphatic carbocycles. The largest absolute Gasteiger partial charge is 0.339 e. The van der Waals surface area contributed by atoms with Gasteiger partial charge in [-0.15, -0.1) is 11.3 Å². The number of amides is 1. The summed E-state index contributed by atoms with van der Waals surface area (Å²) in [4.78, 5) is 23.2. The summed E-state index contributed by atoms with van der Waals surface area (Å²) in [6, 6.07) is 0. The highest BCUT2D eigenvalue weighted by Crippen LogP contribution is 2.35. The molecular weight excluding hydrogens is 312 g/mol. The Morgan fingerprint density at radius 2 is 2.22 bits per heavy atom. The Labute approximate surface area is 139 Å². The van der Waals surface area contributed by atoms with Crippen LogP contribution in [-0.4, -0.2) is 32.5 Å². The van der Waals surface area contributed by atoms with Crippen LogP contribution in [0.5, 0.6) is 0 Å². The molecule has 0 aliphatic heterocycles. The van der Waals surface area contributed by atoms with E-state index in [1.54, 1.807) is 4.90 Å². The second-order valence-corrected chi connectivity index (χ2v) is 7.11. The molecule has 0 saturated heterocycles. The summed E-state index contributed by atoms with van der Waals surface area (Å²) in [5.41, 5.74) is 0.503. The summed E-state index contributed by atoms with van der Waals surface area (Å²) < 4.78 is 5.32. The molecule has 1 fully saturated rings. The fourth-order valence-electron chi connectivity index (χ4n) is 2.46. The fraction of sp³-hybridized carbons (Fsp3) is 0.625. The normalized spacial score (nSPS) is 15.0. The monoisotopic (exact) mass is 334 g/mol. The van der Waals surface area contributed by atoms with Crippen LogP contribution in [0.1, 0.15) is 79.1 Å². The van der Waals surface area contributed by atoms with Crippen molar-refractivity contribution in [3.8, 4) is 0 Å². The lowest BCUT2D eigenvalue weighted by molar-refractivity contribution is 0.0742. The Balaban J connectivity index is 1.68. The molecule has 3 rings (SSSR count). The first-order valence-corrected chi connectivity index (χ1v) is 9.03. The van der Waals surface area contributed by atoms with E-state index >= 15 is 0 Å². The second kappa shape index (κ2) is 6.78. The lowest BCUT2D eigenvalue weighted by Crippen LogP contribution is -2.31. The third-order valence-electron chi connectivity index (χ3n) is 4.17. The van der Waals surface area contributed by atoms with E-state index in [9.17, 15) is 4.79 Å². The molecule has 0 atom stereocenters. The molecule has 1 saturated carbocycles. The van der Waals surface area contributed by atoms with Gasteiger partial charge in [-0.25, -0.2) is 4.98 Å². The SMILES string of the molecule is CCN(Cc1noc(C2CCC2)n1)C(=O)c1csc(C(C)C)n1. The molecule has 0 bridgehead atoms. The minimum Gasteiger partial charge on any atom is -0.339 e. The number of hydrogen-bond acceptors (Lipinski definition) is 6. The quantitative estimate of drug-likeness (QED) is 0.807. The van der Waals surface area contributed by atoms with Gasteiger partial charge in [0.05, 0.1) is 11.6 Å². The van der Waals surface area contributed by atoms with Crippen molar-refractivity contribution in [2.75, 3.05) is 6.54 Å². The maximum absolute atomic E-state index is 12.6. The van der Waals surface area contributed by atoms with Crippen LogP contribution in [0.15, 0.2) is 9.90 Å². The number of nitrogens with zero attached hydrogens (tertiary/aromatic N) is 4. The Hall–Kier alpha value is -1.76. The summed E-state index contributed by atoms with van der Waals surface area (Å²) in [7, 11) is 0. The van der Waals surface area contributed by atoms with Gasteiger partial charge in [-0.05, 0) is 19.8 Å². The van der Waals surface area contributed by atoms with Crippen molar-refractivity contribution in [3.05, 3.63) is 27.8 Å². The van der Waals surface area contributed by atoms with Gasteiger partial charge >= 0.3 is 0 Å². The molecule has 124 valence electrons. The first kappa shape index (κ1) is 16.1. The Kier molecular flexibility index (Phi) is 4.75. The number of carbonyl (C=O) groups is 1. The molecule has 7 heteroatoms. The minimum absolute atomic E-state index is 0.0781. The standard InChI is InChI=1S/C16H22N4O2S/c1-4-20(16(21)12-9-23-15(17-12)10(2)3)8-13-18-14(22-19-13)11-6-5-7-11/h9-11H,4-8H2,1-3H3. The highest BCUT2D eigenvalue weighted by Gasteiger charge is 2.26. The maximum atomic E-state index is 12.6. The molecule has 0 aromatic carbocycles. The summed E-state index contributed by atoms with van der Waals surface area (Å²) in [5, 5.41) is 6.83. The van der Waals surface area contributed by atoms with Crippen LogP contribution in [0, 0.1) is 0 Å². The maximum Gasteiger partial charge on any atom is 0.273 e. The van der Waals surface area contributed by atoms with Gasteiger partial charge in [-0.2, -0.15) is 4.98 Å². The van der Waals surface area contributed by atoms with Crippen molar-refractivity contribution < 1.29 is 9.32 Å². The molecule has 23 heavy (non-hydrogen) atoms. The van der Waals surface area contributed by atoms with Crippen molar-refractivity contribution in [1.29, 1.82) is 0 Å².